The van der Waals surface area contributed by atoms with Crippen LogP contribution in [0.5, 0.6) is 0 Å². The Labute approximate surface area is 130 Å². The van der Waals surface area contributed by atoms with Crippen molar-refractivity contribution in [3.63, 3.8) is 0 Å². The van der Waals surface area contributed by atoms with Gasteiger partial charge in [0, 0.05) is 10.8 Å². The van der Waals surface area contributed by atoms with E-state index < -0.39 is 0 Å². The molecule has 4 heteroatoms. The number of thiazole rings is 1. The Hall–Kier alpha value is -1.26. The van der Waals surface area contributed by atoms with Crippen molar-refractivity contribution in [1.82, 2.24) is 10.3 Å². The highest BCUT2D eigenvalue weighted by Gasteiger charge is 2.23. The maximum Gasteiger partial charge on any atom is 0.123 e. The molecule has 2 rings (SSSR count). The normalized spacial score (nSPS) is 13.4. The third-order valence-corrected chi connectivity index (χ3v) is 4.41. The number of aryl methyl sites for hydroxylation is 1. The molecule has 21 heavy (non-hydrogen) atoms. The smallest absolute Gasteiger partial charge is 0.123 e. The van der Waals surface area contributed by atoms with Crippen LogP contribution in [0.25, 0.3) is 0 Å². The standard InChI is InChI=1S/C17H23FN2S/c1-6-19-15(13-9-12(18)8-7-11(13)2)16-20-14(10-21-16)17(3,4)5/h7-10,15,19H,6H2,1-5H3. The fourth-order valence-corrected chi connectivity index (χ4v) is 3.36. The summed E-state index contributed by atoms with van der Waals surface area (Å²) >= 11 is 1.64. The second kappa shape index (κ2) is 6.24. The number of hydrogen-bond donors (Lipinski definition) is 1. The van der Waals surface area contributed by atoms with Crippen molar-refractivity contribution >= 4 is 11.3 Å². The number of aromatic nitrogens is 1. The van der Waals surface area contributed by atoms with Gasteiger partial charge >= 0.3 is 0 Å². The van der Waals surface area contributed by atoms with E-state index in [1.54, 1.807) is 17.4 Å². The first-order valence-electron chi connectivity index (χ1n) is 7.28. The number of rotatable bonds is 4. The number of hydrogen-bond acceptors (Lipinski definition) is 3. The van der Waals surface area contributed by atoms with Gasteiger partial charge < -0.3 is 5.32 Å². The average Bonchev–Trinajstić information content (AvgIpc) is 2.88. The molecule has 0 aliphatic carbocycles. The Kier molecular flexibility index (Phi) is 4.79. The van der Waals surface area contributed by atoms with Crippen LogP contribution in [-0.4, -0.2) is 11.5 Å². The molecule has 0 aliphatic rings. The van der Waals surface area contributed by atoms with E-state index in [9.17, 15) is 4.39 Å². The van der Waals surface area contributed by atoms with Crippen molar-refractivity contribution < 1.29 is 4.39 Å². The SMILES string of the molecule is CCNC(c1nc(C(C)(C)C)cs1)c1cc(F)ccc1C. The zero-order valence-corrected chi connectivity index (χ0v) is 14.1. The maximum absolute atomic E-state index is 13.6. The van der Waals surface area contributed by atoms with Crippen molar-refractivity contribution in [3.8, 4) is 0 Å². The molecule has 1 aromatic carbocycles. The van der Waals surface area contributed by atoms with Gasteiger partial charge in [0.25, 0.3) is 0 Å². The van der Waals surface area contributed by atoms with Gasteiger partial charge in [0.2, 0.25) is 0 Å². The van der Waals surface area contributed by atoms with Crippen molar-refractivity contribution in [3.05, 3.63) is 51.2 Å². The molecular weight excluding hydrogens is 283 g/mol. The predicted octanol–water partition coefficient (Wildman–Crippen LogP) is 4.59. The molecule has 0 amide bonds. The molecule has 0 aliphatic heterocycles. The van der Waals surface area contributed by atoms with Crippen LogP contribution < -0.4 is 5.32 Å². The van der Waals surface area contributed by atoms with Gasteiger partial charge in [0.15, 0.2) is 0 Å². The van der Waals surface area contributed by atoms with Crippen LogP contribution in [0.15, 0.2) is 23.6 Å². The molecule has 2 nitrogen and oxygen atoms in total. The van der Waals surface area contributed by atoms with Crippen LogP contribution in [0.4, 0.5) is 4.39 Å². The molecule has 1 heterocycles. The molecule has 1 atom stereocenters. The molecule has 0 spiro atoms. The molecule has 1 unspecified atom stereocenters. The molecule has 1 N–H and O–H groups in total. The van der Waals surface area contributed by atoms with Gasteiger partial charge in [0.05, 0.1) is 11.7 Å². The lowest BCUT2D eigenvalue weighted by molar-refractivity contribution is 0.560. The highest BCUT2D eigenvalue weighted by atomic mass is 32.1. The number of halogens is 1. The molecule has 0 radical (unpaired) electrons. The predicted molar refractivity (Wildman–Crippen MR) is 87.5 cm³/mol. The van der Waals surface area contributed by atoms with Crippen LogP contribution in [0.3, 0.4) is 0 Å². The molecule has 0 bridgehead atoms. The lowest BCUT2D eigenvalue weighted by atomic mass is 9.93. The van der Waals surface area contributed by atoms with Gasteiger partial charge in [0.1, 0.15) is 10.8 Å². The minimum Gasteiger partial charge on any atom is -0.305 e. The minimum absolute atomic E-state index is 0.0303. The Bertz CT molecular complexity index is 613. The van der Waals surface area contributed by atoms with Gasteiger partial charge in [-0.2, -0.15) is 0 Å². The second-order valence-corrected chi connectivity index (χ2v) is 7.20. The molecular formula is C17H23FN2S. The Morgan fingerprint density at radius 3 is 2.62 bits per heavy atom. The van der Waals surface area contributed by atoms with E-state index in [0.29, 0.717) is 0 Å². The largest absolute Gasteiger partial charge is 0.305 e. The van der Waals surface area contributed by atoms with Gasteiger partial charge in [-0.05, 0) is 36.7 Å². The molecule has 0 saturated heterocycles. The van der Waals surface area contributed by atoms with E-state index in [0.717, 1.165) is 28.4 Å². The zero-order valence-electron chi connectivity index (χ0n) is 13.3. The Morgan fingerprint density at radius 1 is 1.33 bits per heavy atom. The maximum atomic E-state index is 13.6. The summed E-state index contributed by atoms with van der Waals surface area (Å²) in [6.07, 6.45) is 0. The summed E-state index contributed by atoms with van der Waals surface area (Å²) in [4.78, 5) is 4.78. The Morgan fingerprint density at radius 2 is 2.05 bits per heavy atom. The number of nitrogens with one attached hydrogen (secondary N) is 1. The minimum atomic E-state index is -0.203. The zero-order chi connectivity index (χ0) is 15.6. The van der Waals surface area contributed by atoms with Crippen LogP contribution in [0.2, 0.25) is 0 Å². The van der Waals surface area contributed by atoms with E-state index in [-0.39, 0.29) is 17.3 Å². The van der Waals surface area contributed by atoms with Crippen molar-refractivity contribution in [1.29, 1.82) is 0 Å². The third-order valence-electron chi connectivity index (χ3n) is 3.50. The van der Waals surface area contributed by atoms with Crippen LogP contribution in [0.1, 0.15) is 55.6 Å². The Balaban J connectivity index is 2.44. The number of nitrogens with zero attached hydrogens (tertiary/aromatic N) is 1. The van der Waals surface area contributed by atoms with E-state index in [1.165, 1.54) is 6.07 Å². The summed E-state index contributed by atoms with van der Waals surface area (Å²) in [6.45, 7) is 11.3. The molecule has 0 fully saturated rings. The fourth-order valence-electron chi connectivity index (χ4n) is 2.22. The van der Waals surface area contributed by atoms with Crippen LogP contribution in [-0.2, 0) is 5.41 Å². The quantitative estimate of drug-likeness (QED) is 0.894. The summed E-state index contributed by atoms with van der Waals surface area (Å²) < 4.78 is 13.6. The van der Waals surface area contributed by atoms with Crippen molar-refractivity contribution in [2.75, 3.05) is 6.54 Å². The van der Waals surface area contributed by atoms with Crippen LogP contribution >= 0.6 is 11.3 Å². The van der Waals surface area contributed by atoms with Gasteiger partial charge in [-0.25, -0.2) is 9.37 Å². The van der Waals surface area contributed by atoms with E-state index >= 15 is 0 Å². The van der Waals surface area contributed by atoms with Crippen molar-refractivity contribution in [2.45, 2.75) is 46.1 Å². The summed E-state index contributed by atoms with van der Waals surface area (Å²) in [6, 6.07) is 4.89. The van der Waals surface area contributed by atoms with Crippen molar-refractivity contribution in [2.24, 2.45) is 0 Å². The summed E-state index contributed by atoms with van der Waals surface area (Å²) in [5, 5.41) is 6.53. The van der Waals surface area contributed by atoms with E-state index in [1.807, 2.05) is 13.0 Å². The number of benzene rings is 1. The topological polar surface area (TPSA) is 24.9 Å². The first-order valence-corrected chi connectivity index (χ1v) is 8.16. The molecule has 114 valence electrons. The molecule has 0 saturated carbocycles. The molecule has 1 aromatic heterocycles. The van der Waals surface area contributed by atoms with E-state index in [2.05, 4.69) is 38.4 Å². The van der Waals surface area contributed by atoms with Gasteiger partial charge in [-0.3, -0.25) is 0 Å². The summed E-state index contributed by atoms with van der Waals surface area (Å²) in [5.41, 5.74) is 3.16. The second-order valence-electron chi connectivity index (χ2n) is 6.31. The average molecular weight is 306 g/mol. The highest BCUT2D eigenvalue weighted by molar-refractivity contribution is 7.09. The lowest BCUT2D eigenvalue weighted by Crippen LogP contribution is -2.23. The first-order chi connectivity index (χ1) is 9.82. The summed E-state index contributed by atoms with van der Waals surface area (Å²) in [7, 11) is 0. The van der Waals surface area contributed by atoms with E-state index in [4.69, 9.17) is 4.98 Å². The highest BCUT2D eigenvalue weighted by Crippen LogP contribution is 2.31. The molecule has 2 aromatic rings. The summed E-state index contributed by atoms with van der Waals surface area (Å²) in [5.74, 6) is -0.203. The third kappa shape index (κ3) is 3.69. The first kappa shape index (κ1) is 16.1. The fraction of sp³-hybridized carbons (Fsp3) is 0.471. The monoisotopic (exact) mass is 306 g/mol. The van der Waals surface area contributed by atoms with Crippen LogP contribution in [0, 0.1) is 12.7 Å². The van der Waals surface area contributed by atoms with Gasteiger partial charge in [-0.15, -0.1) is 11.3 Å². The lowest BCUT2D eigenvalue weighted by Gasteiger charge is -2.19. The van der Waals surface area contributed by atoms with Gasteiger partial charge in [-0.1, -0.05) is 33.8 Å².